The van der Waals surface area contributed by atoms with Crippen LogP contribution in [0.1, 0.15) is 84.1 Å². The molecule has 0 saturated carbocycles. The number of Topliss-reactive ketones (excluding diaryl/α,β-unsaturated/α-hetero) is 2. The Morgan fingerprint density at radius 2 is 1.14 bits per heavy atom. The van der Waals surface area contributed by atoms with Crippen molar-refractivity contribution in [1.29, 1.82) is 0 Å². The number of hydrogen-bond acceptors (Lipinski definition) is 3. The average molecular weight is 287 g/mol. The van der Waals surface area contributed by atoms with Gasteiger partial charge in [0.1, 0.15) is 0 Å². The summed E-state index contributed by atoms with van der Waals surface area (Å²) in [5.74, 6) is 0.143. The minimum atomic E-state index is 0.0716. The number of carbonyl (C=O) groups is 2. The third kappa shape index (κ3) is 4.16. The van der Waals surface area contributed by atoms with Crippen LogP contribution >= 0.6 is 0 Å². The number of fused-ring (bicyclic) bond motifs is 2. The molecule has 0 saturated heterocycles. The molecular weight excluding hydrogens is 262 g/mol. The van der Waals surface area contributed by atoms with Crippen molar-refractivity contribution in [2.45, 2.75) is 64.7 Å². The summed E-state index contributed by atoms with van der Waals surface area (Å²) >= 11 is 0. The summed E-state index contributed by atoms with van der Waals surface area (Å²) in [6.45, 7) is 1.91. The molecular formula is C18H25NO2. The number of nitrogen functional groups attached to an aromatic ring is 1. The molecule has 114 valence electrons. The molecule has 0 spiro atoms. The minimum Gasteiger partial charge on any atom is -0.398 e. The third-order valence-electron chi connectivity index (χ3n) is 4.23. The molecule has 1 aromatic carbocycles. The van der Waals surface area contributed by atoms with E-state index in [4.69, 9.17) is 5.73 Å². The van der Waals surface area contributed by atoms with E-state index in [1.165, 1.54) is 19.3 Å². The molecule has 3 heteroatoms. The molecule has 0 atom stereocenters. The highest BCUT2D eigenvalue weighted by atomic mass is 16.1. The van der Waals surface area contributed by atoms with E-state index in [1.54, 1.807) is 0 Å². The average Bonchev–Trinajstić information content (AvgIpc) is 2.46. The largest absolute Gasteiger partial charge is 0.398 e. The number of aryl methyl sites for hydroxylation is 1. The van der Waals surface area contributed by atoms with Gasteiger partial charge in [0.05, 0.1) is 5.69 Å². The summed E-state index contributed by atoms with van der Waals surface area (Å²) in [6.07, 6.45) is 8.64. The lowest BCUT2D eigenvalue weighted by atomic mass is 9.93. The Labute approximate surface area is 126 Å². The van der Waals surface area contributed by atoms with Crippen LogP contribution in [0.15, 0.2) is 12.1 Å². The highest BCUT2D eigenvalue weighted by Crippen LogP contribution is 2.25. The van der Waals surface area contributed by atoms with Crippen LogP contribution < -0.4 is 5.73 Å². The van der Waals surface area contributed by atoms with Crippen molar-refractivity contribution < 1.29 is 9.59 Å². The first-order chi connectivity index (χ1) is 10.1. The normalized spacial score (nSPS) is 18.3. The van der Waals surface area contributed by atoms with Crippen LogP contribution in [0.3, 0.4) is 0 Å². The van der Waals surface area contributed by atoms with Crippen molar-refractivity contribution in [1.82, 2.24) is 0 Å². The van der Waals surface area contributed by atoms with E-state index in [-0.39, 0.29) is 11.6 Å². The van der Waals surface area contributed by atoms with Gasteiger partial charge in [-0.3, -0.25) is 9.59 Å². The zero-order valence-corrected chi connectivity index (χ0v) is 12.9. The van der Waals surface area contributed by atoms with Crippen molar-refractivity contribution in [3.8, 4) is 0 Å². The number of nitrogens with two attached hydrogens (primary N) is 1. The number of anilines is 1. The van der Waals surface area contributed by atoms with Crippen LogP contribution in [0.4, 0.5) is 5.69 Å². The lowest BCUT2D eigenvalue weighted by Crippen LogP contribution is -2.11. The Hall–Kier alpha value is -1.64. The van der Waals surface area contributed by atoms with E-state index < -0.39 is 0 Å². The van der Waals surface area contributed by atoms with Crippen molar-refractivity contribution in [3.05, 3.63) is 28.8 Å². The molecule has 1 aromatic rings. The van der Waals surface area contributed by atoms with E-state index in [1.807, 2.05) is 19.1 Å². The number of benzene rings is 1. The topological polar surface area (TPSA) is 60.2 Å². The lowest BCUT2D eigenvalue weighted by molar-refractivity contribution is 0.0979. The Kier molecular flexibility index (Phi) is 5.54. The molecule has 0 unspecified atom stereocenters. The van der Waals surface area contributed by atoms with Gasteiger partial charge < -0.3 is 5.73 Å². The molecule has 2 bridgehead atoms. The van der Waals surface area contributed by atoms with E-state index in [9.17, 15) is 9.59 Å². The van der Waals surface area contributed by atoms with Crippen LogP contribution in [-0.4, -0.2) is 11.6 Å². The van der Waals surface area contributed by atoms with Crippen LogP contribution in [-0.2, 0) is 0 Å². The Bertz CT molecular complexity index is 491. The van der Waals surface area contributed by atoms with Gasteiger partial charge >= 0.3 is 0 Å². The van der Waals surface area contributed by atoms with Crippen LogP contribution in [0.5, 0.6) is 0 Å². The van der Waals surface area contributed by atoms with Crippen LogP contribution in [0, 0.1) is 6.92 Å². The zero-order valence-electron chi connectivity index (χ0n) is 12.9. The minimum absolute atomic E-state index is 0.0716. The van der Waals surface area contributed by atoms with Gasteiger partial charge in [0.25, 0.3) is 0 Å². The Morgan fingerprint density at radius 1 is 0.762 bits per heavy atom. The molecule has 2 rings (SSSR count). The highest BCUT2D eigenvalue weighted by Gasteiger charge is 2.18. The van der Waals surface area contributed by atoms with Gasteiger partial charge in [-0.1, -0.05) is 32.1 Å². The monoisotopic (exact) mass is 287 g/mol. The summed E-state index contributed by atoms with van der Waals surface area (Å²) in [7, 11) is 0. The van der Waals surface area contributed by atoms with Gasteiger partial charge in [0.2, 0.25) is 0 Å². The quantitative estimate of drug-likeness (QED) is 0.716. The molecule has 0 radical (unpaired) electrons. The second-order valence-corrected chi connectivity index (χ2v) is 6.09. The van der Waals surface area contributed by atoms with Gasteiger partial charge in [-0.25, -0.2) is 0 Å². The molecule has 2 N–H and O–H groups in total. The molecule has 1 aliphatic carbocycles. The summed E-state index contributed by atoms with van der Waals surface area (Å²) in [6, 6.07) is 3.64. The number of hydrogen-bond donors (Lipinski definition) is 1. The first-order valence-electron chi connectivity index (χ1n) is 8.06. The van der Waals surface area contributed by atoms with E-state index >= 15 is 0 Å². The van der Waals surface area contributed by atoms with Gasteiger partial charge in [0.15, 0.2) is 11.6 Å². The predicted octanol–water partition coefficient (Wildman–Crippen LogP) is 4.47. The fourth-order valence-electron chi connectivity index (χ4n) is 2.98. The zero-order chi connectivity index (χ0) is 15.2. The molecule has 0 amide bonds. The smallest absolute Gasteiger partial charge is 0.164 e. The second kappa shape index (κ2) is 7.39. The molecule has 0 heterocycles. The number of carbonyl (C=O) groups excluding carboxylic acids is 2. The summed E-state index contributed by atoms with van der Waals surface area (Å²) < 4.78 is 0. The van der Waals surface area contributed by atoms with E-state index in [0.29, 0.717) is 29.7 Å². The van der Waals surface area contributed by atoms with Crippen molar-refractivity contribution in [2.75, 3.05) is 5.73 Å². The molecule has 0 fully saturated rings. The van der Waals surface area contributed by atoms with Gasteiger partial charge in [0, 0.05) is 24.0 Å². The first kappa shape index (κ1) is 15.7. The Balaban J connectivity index is 2.31. The molecule has 3 nitrogen and oxygen atoms in total. The Morgan fingerprint density at radius 3 is 1.57 bits per heavy atom. The number of rotatable bonds is 0. The molecule has 21 heavy (non-hydrogen) atoms. The summed E-state index contributed by atoms with van der Waals surface area (Å²) in [5.41, 5.74) is 8.49. The van der Waals surface area contributed by atoms with E-state index in [2.05, 4.69) is 0 Å². The predicted molar refractivity (Wildman–Crippen MR) is 85.8 cm³/mol. The summed E-state index contributed by atoms with van der Waals surface area (Å²) in [5, 5.41) is 0. The van der Waals surface area contributed by atoms with Crippen molar-refractivity contribution >= 4 is 17.3 Å². The van der Waals surface area contributed by atoms with Gasteiger partial charge in [-0.05, 0) is 37.5 Å². The highest BCUT2D eigenvalue weighted by molar-refractivity contribution is 6.08. The number of ketones is 2. The van der Waals surface area contributed by atoms with Crippen molar-refractivity contribution in [2.24, 2.45) is 0 Å². The third-order valence-corrected chi connectivity index (χ3v) is 4.23. The maximum Gasteiger partial charge on any atom is 0.164 e. The maximum atomic E-state index is 12.3. The van der Waals surface area contributed by atoms with Gasteiger partial charge in [-0.15, -0.1) is 0 Å². The van der Waals surface area contributed by atoms with Crippen molar-refractivity contribution in [3.63, 3.8) is 0 Å². The maximum absolute atomic E-state index is 12.3. The molecule has 1 aliphatic rings. The molecule has 0 aromatic heterocycles. The second-order valence-electron chi connectivity index (χ2n) is 6.09. The first-order valence-corrected chi connectivity index (χ1v) is 8.06. The summed E-state index contributed by atoms with van der Waals surface area (Å²) in [4.78, 5) is 24.7. The van der Waals surface area contributed by atoms with Crippen LogP contribution in [0.25, 0.3) is 0 Å². The SMILES string of the molecule is Cc1cc2c(N)c(c1)C(=O)CCCCCCCCCC2=O. The molecule has 0 aliphatic heterocycles. The fourth-order valence-corrected chi connectivity index (χ4v) is 2.98. The lowest BCUT2D eigenvalue weighted by Gasteiger charge is -2.12. The van der Waals surface area contributed by atoms with Crippen LogP contribution in [0.2, 0.25) is 0 Å². The van der Waals surface area contributed by atoms with E-state index in [0.717, 1.165) is 31.2 Å². The fraction of sp³-hybridized carbons (Fsp3) is 0.556. The van der Waals surface area contributed by atoms with Gasteiger partial charge in [-0.2, -0.15) is 0 Å². The standard InChI is InChI=1S/C18H25NO2/c1-13-11-14-16(20)9-7-5-3-2-4-6-8-10-17(21)15(12-13)18(14)19/h11-12H,2-10,19H2,1H3.